The third-order valence-corrected chi connectivity index (χ3v) is 6.52. The molecule has 1 aliphatic heterocycles. The van der Waals surface area contributed by atoms with E-state index >= 15 is 0 Å². The van der Waals surface area contributed by atoms with Gasteiger partial charge in [-0.25, -0.2) is 0 Å². The molecule has 0 aromatic heterocycles. The lowest BCUT2D eigenvalue weighted by Crippen LogP contribution is -2.49. The Kier molecular flexibility index (Phi) is 8.01. The number of benzene rings is 1. The molecule has 2 aliphatic rings. The average Bonchev–Trinajstić information content (AvgIpc) is 3.16. The highest BCUT2D eigenvalue weighted by atomic mass is 19.4. The second-order valence-corrected chi connectivity index (χ2v) is 8.63. The molecule has 7 nitrogen and oxygen atoms in total. The predicted molar refractivity (Wildman–Crippen MR) is 119 cm³/mol. The van der Waals surface area contributed by atoms with E-state index in [1.54, 1.807) is 0 Å². The quantitative estimate of drug-likeness (QED) is 0.524. The standard InChI is InChI=1S/C24H28F3N3O4/c1-30(20(31)11-12-24(25,26)27)19(14-29-22(33)18-13-28-23(34)21(18)32)17-9-7-16(8-10-17)15-5-3-2-4-6-15/h2-6,11-12,16-17,19,32H,7-10,13-14H2,1H3,(H,28,34)(H,29,33)/b12-11+. The van der Waals surface area contributed by atoms with Crippen molar-refractivity contribution in [3.63, 3.8) is 0 Å². The van der Waals surface area contributed by atoms with Crippen LogP contribution in [0.15, 0.2) is 53.8 Å². The van der Waals surface area contributed by atoms with Crippen molar-refractivity contribution < 1.29 is 32.7 Å². The lowest BCUT2D eigenvalue weighted by Gasteiger charge is -2.38. The number of amides is 3. The van der Waals surface area contributed by atoms with Crippen LogP contribution in [0.3, 0.4) is 0 Å². The first-order valence-electron chi connectivity index (χ1n) is 11.1. The summed E-state index contributed by atoms with van der Waals surface area (Å²) in [6.07, 6.45) is -1.07. The third kappa shape index (κ3) is 6.39. The number of carbonyl (C=O) groups is 3. The number of halogens is 3. The van der Waals surface area contributed by atoms with Gasteiger partial charge in [0.15, 0.2) is 5.76 Å². The summed E-state index contributed by atoms with van der Waals surface area (Å²) in [6, 6.07) is 9.48. The van der Waals surface area contributed by atoms with E-state index in [1.165, 1.54) is 17.5 Å². The molecule has 0 bridgehead atoms. The molecule has 34 heavy (non-hydrogen) atoms. The summed E-state index contributed by atoms with van der Waals surface area (Å²) < 4.78 is 37.7. The SMILES string of the molecule is CN(C(=O)/C=C/C(F)(F)F)C(CNC(=O)C1=C(O)C(=O)NC1)C1CCC(c2ccccc2)CC1. The molecule has 3 amide bonds. The first kappa shape index (κ1) is 25.3. The van der Waals surface area contributed by atoms with Crippen molar-refractivity contribution >= 4 is 17.7 Å². The number of allylic oxidation sites excluding steroid dienone is 1. The smallest absolute Gasteiger partial charge is 0.409 e. The molecule has 1 fully saturated rings. The fraction of sp³-hybridized carbons (Fsp3) is 0.458. The van der Waals surface area contributed by atoms with E-state index in [0.29, 0.717) is 12.0 Å². The van der Waals surface area contributed by atoms with Crippen LogP contribution in [-0.2, 0) is 14.4 Å². The van der Waals surface area contributed by atoms with Crippen molar-refractivity contribution in [2.75, 3.05) is 20.1 Å². The largest absolute Gasteiger partial charge is 0.503 e. The van der Waals surface area contributed by atoms with Gasteiger partial charge in [0.25, 0.3) is 11.8 Å². The van der Waals surface area contributed by atoms with Gasteiger partial charge < -0.3 is 20.6 Å². The molecule has 0 radical (unpaired) electrons. The number of rotatable bonds is 7. The Morgan fingerprint density at radius 1 is 1.21 bits per heavy atom. The van der Waals surface area contributed by atoms with Crippen molar-refractivity contribution in [2.24, 2.45) is 5.92 Å². The summed E-state index contributed by atoms with van der Waals surface area (Å²) in [7, 11) is 1.42. The Bertz CT molecular complexity index is 967. The Hall–Kier alpha value is -3.30. The maximum atomic E-state index is 12.6. The van der Waals surface area contributed by atoms with Gasteiger partial charge in [-0.1, -0.05) is 30.3 Å². The first-order chi connectivity index (χ1) is 16.1. The summed E-state index contributed by atoms with van der Waals surface area (Å²) in [5.41, 5.74) is 1.12. The Balaban J connectivity index is 1.71. The summed E-state index contributed by atoms with van der Waals surface area (Å²) in [4.78, 5) is 37.6. The molecule has 0 saturated heterocycles. The number of aliphatic hydroxyl groups is 1. The van der Waals surface area contributed by atoms with E-state index < -0.39 is 35.7 Å². The van der Waals surface area contributed by atoms with Gasteiger partial charge in [0.2, 0.25) is 5.91 Å². The average molecular weight is 479 g/mol. The van der Waals surface area contributed by atoms with Crippen molar-refractivity contribution in [2.45, 2.75) is 43.8 Å². The first-order valence-corrected chi connectivity index (χ1v) is 11.1. The molecule has 1 saturated carbocycles. The van der Waals surface area contributed by atoms with Crippen LogP contribution in [0.2, 0.25) is 0 Å². The number of nitrogens with zero attached hydrogens (tertiary/aromatic N) is 1. The minimum absolute atomic E-state index is 0.0213. The van der Waals surface area contributed by atoms with E-state index in [-0.39, 0.29) is 30.7 Å². The molecule has 1 aromatic rings. The zero-order valence-corrected chi connectivity index (χ0v) is 18.8. The molecule has 0 spiro atoms. The van der Waals surface area contributed by atoms with Crippen molar-refractivity contribution in [1.82, 2.24) is 15.5 Å². The molecule has 184 valence electrons. The molecular weight excluding hydrogens is 451 g/mol. The number of hydrogen-bond acceptors (Lipinski definition) is 4. The van der Waals surface area contributed by atoms with Gasteiger partial charge >= 0.3 is 6.18 Å². The van der Waals surface area contributed by atoms with Crippen LogP contribution >= 0.6 is 0 Å². The van der Waals surface area contributed by atoms with Crippen LogP contribution in [0.1, 0.15) is 37.2 Å². The lowest BCUT2D eigenvalue weighted by atomic mass is 9.75. The topological polar surface area (TPSA) is 98.7 Å². The summed E-state index contributed by atoms with van der Waals surface area (Å²) in [5.74, 6) is -2.57. The van der Waals surface area contributed by atoms with Crippen molar-refractivity contribution in [3.05, 3.63) is 59.4 Å². The summed E-state index contributed by atoms with van der Waals surface area (Å²) in [5, 5.41) is 14.7. The number of likely N-dealkylation sites (N-methyl/N-ethyl adjacent to an activating group) is 1. The van der Waals surface area contributed by atoms with Crippen LogP contribution in [0.25, 0.3) is 0 Å². The maximum Gasteiger partial charge on any atom is 0.409 e. The van der Waals surface area contributed by atoms with Crippen molar-refractivity contribution in [1.29, 1.82) is 0 Å². The molecule has 3 N–H and O–H groups in total. The number of alkyl halides is 3. The highest BCUT2D eigenvalue weighted by Crippen LogP contribution is 2.38. The maximum absolute atomic E-state index is 12.6. The van der Waals surface area contributed by atoms with Crippen LogP contribution in [0, 0.1) is 5.92 Å². The molecule has 3 rings (SSSR count). The van der Waals surface area contributed by atoms with Crippen LogP contribution in [0.5, 0.6) is 0 Å². The van der Waals surface area contributed by atoms with Gasteiger partial charge in [0, 0.05) is 25.7 Å². The summed E-state index contributed by atoms with van der Waals surface area (Å²) in [6.45, 7) is -0.140. The monoisotopic (exact) mass is 479 g/mol. The third-order valence-electron chi connectivity index (χ3n) is 6.52. The van der Waals surface area contributed by atoms with E-state index in [4.69, 9.17) is 0 Å². The lowest BCUT2D eigenvalue weighted by molar-refractivity contribution is -0.129. The highest BCUT2D eigenvalue weighted by molar-refractivity contribution is 6.06. The molecular formula is C24H28F3N3O4. The number of hydrogen-bond donors (Lipinski definition) is 3. The molecule has 10 heteroatoms. The number of nitrogens with one attached hydrogen (secondary N) is 2. The van der Waals surface area contributed by atoms with E-state index in [0.717, 1.165) is 25.7 Å². The fourth-order valence-electron chi connectivity index (χ4n) is 4.59. The number of aliphatic hydroxyl groups excluding tert-OH is 1. The van der Waals surface area contributed by atoms with E-state index in [9.17, 15) is 32.7 Å². The zero-order chi connectivity index (χ0) is 24.9. The fourth-order valence-corrected chi connectivity index (χ4v) is 4.59. The van der Waals surface area contributed by atoms with Crippen LogP contribution in [0.4, 0.5) is 13.2 Å². The second kappa shape index (κ2) is 10.8. The van der Waals surface area contributed by atoms with Crippen molar-refractivity contribution in [3.8, 4) is 0 Å². The molecule has 1 heterocycles. The minimum atomic E-state index is -4.61. The predicted octanol–water partition coefficient (Wildman–Crippen LogP) is 2.96. The Labute approximate surface area is 195 Å². The highest BCUT2D eigenvalue weighted by Gasteiger charge is 2.34. The molecule has 1 aliphatic carbocycles. The minimum Gasteiger partial charge on any atom is -0.503 e. The Morgan fingerprint density at radius 3 is 2.41 bits per heavy atom. The van der Waals surface area contributed by atoms with E-state index in [2.05, 4.69) is 22.8 Å². The van der Waals surface area contributed by atoms with Gasteiger partial charge in [0.05, 0.1) is 18.2 Å². The molecule has 1 unspecified atom stereocenters. The summed E-state index contributed by atoms with van der Waals surface area (Å²) >= 11 is 0. The Morgan fingerprint density at radius 2 is 1.85 bits per heavy atom. The van der Waals surface area contributed by atoms with Gasteiger partial charge in [0.1, 0.15) is 0 Å². The second-order valence-electron chi connectivity index (χ2n) is 8.63. The van der Waals surface area contributed by atoms with Gasteiger partial charge in [-0.05, 0) is 43.1 Å². The molecule has 1 aromatic carbocycles. The normalized spacial score (nSPS) is 21.9. The van der Waals surface area contributed by atoms with Crippen LogP contribution < -0.4 is 10.6 Å². The zero-order valence-electron chi connectivity index (χ0n) is 18.8. The van der Waals surface area contributed by atoms with Gasteiger partial charge in [-0.2, -0.15) is 13.2 Å². The van der Waals surface area contributed by atoms with E-state index in [1.807, 2.05) is 18.2 Å². The van der Waals surface area contributed by atoms with Gasteiger partial charge in [-0.15, -0.1) is 0 Å². The number of carbonyl (C=O) groups excluding carboxylic acids is 3. The molecule has 1 atom stereocenters. The van der Waals surface area contributed by atoms with Gasteiger partial charge in [-0.3, -0.25) is 14.4 Å². The van der Waals surface area contributed by atoms with Crippen LogP contribution in [-0.4, -0.2) is 60.1 Å².